The van der Waals surface area contributed by atoms with Gasteiger partial charge in [-0.2, -0.15) is 0 Å². The molecule has 2 aliphatic carbocycles. The van der Waals surface area contributed by atoms with Crippen molar-refractivity contribution in [3.8, 4) is 0 Å². The van der Waals surface area contributed by atoms with Gasteiger partial charge in [-0.05, 0) is 60.5 Å². The Bertz CT molecular complexity index is 484. The summed E-state index contributed by atoms with van der Waals surface area (Å²) < 4.78 is 5.50. The lowest BCUT2D eigenvalue weighted by Gasteiger charge is -2.30. The summed E-state index contributed by atoms with van der Waals surface area (Å²) in [6.45, 7) is 1.81. The van der Waals surface area contributed by atoms with E-state index in [2.05, 4.69) is 29.7 Å². The van der Waals surface area contributed by atoms with Crippen LogP contribution in [0, 0.1) is 17.8 Å². The predicted octanol–water partition coefficient (Wildman–Crippen LogP) is 2.22. The van der Waals surface area contributed by atoms with E-state index in [1.165, 1.54) is 12.8 Å². The van der Waals surface area contributed by atoms with Crippen molar-refractivity contribution in [2.45, 2.75) is 37.6 Å². The number of ether oxygens (including phenoxy) is 1. The lowest BCUT2D eigenvalue weighted by molar-refractivity contribution is 0.0496. The summed E-state index contributed by atoms with van der Waals surface area (Å²) in [7, 11) is 0. The molecule has 1 heterocycles. The average molecular weight is 272 g/mol. The number of hydrazine groups is 1. The first-order valence-electron chi connectivity index (χ1n) is 8.02. The van der Waals surface area contributed by atoms with E-state index < -0.39 is 0 Å². The van der Waals surface area contributed by atoms with Crippen molar-refractivity contribution < 1.29 is 4.74 Å². The van der Waals surface area contributed by atoms with E-state index in [4.69, 9.17) is 10.6 Å². The summed E-state index contributed by atoms with van der Waals surface area (Å²) in [5, 5.41) is 0. The number of benzene rings is 1. The Morgan fingerprint density at radius 1 is 1.15 bits per heavy atom. The van der Waals surface area contributed by atoms with Crippen molar-refractivity contribution in [2.75, 3.05) is 13.2 Å². The molecule has 4 unspecified atom stereocenters. The van der Waals surface area contributed by atoms with Crippen molar-refractivity contribution in [2.24, 2.45) is 23.6 Å². The van der Waals surface area contributed by atoms with Crippen LogP contribution in [0.4, 0.5) is 0 Å². The minimum Gasteiger partial charge on any atom is -0.381 e. The quantitative estimate of drug-likeness (QED) is 0.655. The van der Waals surface area contributed by atoms with Crippen molar-refractivity contribution in [1.82, 2.24) is 5.43 Å². The maximum absolute atomic E-state index is 5.93. The van der Waals surface area contributed by atoms with E-state index in [1.54, 1.807) is 11.1 Å². The van der Waals surface area contributed by atoms with Crippen molar-refractivity contribution in [3.05, 3.63) is 35.4 Å². The van der Waals surface area contributed by atoms with Gasteiger partial charge in [0.05, 0.1) is 0 Å². The third-order valence-electron chi connectivity index (χ3n) is 5.77. The van der Waals surface area contributed by atoms with E-state index in [9.17, 15) is 0 Å². The van der Waals surface area contributed by atoms with Crippen molar-refractivity contribution in [1.29, 1.82) is 0 Å². The zero-order valence-corrected chi connectivity index (χ0v) is 11.9. The summed E-state index contributed by atoms with van der Waals surface area (Å²) in [5.74, 6) is 8.97. The smallest absolute Gasteiger partial charge is 0.0469 e. The Morgan fingerprint density at radius 3 is 2.75 bits per heavy atom. The molecule has 0 radical (unpaired) electrons. The molecule has 1 saturated heterocycles. The molecule has 108 valence electrons. The van der Waals surface area contributed by atoms with Gasteiger partial charge in [0.15, 0.2) is 0 Å². The highest BCUT2D eigenvalue weighted by Crippen LogP contribution is 2.62. The molecule has 3 nitrogen and oxygen atoms in total. The van der Waals surface area contributed by atoms with Gasteiger partial charge >= 0.3 is 0 Å². The third kappa shape index (κ3) is 2.00. The van der Waals surface area contributed by atoms with Gasteiger partial charge < -0.3 is 4.74 Å². The fourth-order valence-electron chi connectivity index (χ4n) is 4.75. The van der Waals surface area contributed by atoms with Crippen LogP contribution < -0.4 is 11.3 Å². The highest BCUT2D eigenvalue weighted by Gasteiger charge is 2.57. The third-order valence-corrected chi connectivity index (χ3v) is 5.77. The largest absolute Gasteiger partial charge is 0.381 e. The first kappa shape index (κ1) is 12.8. The van der Waals surface area contributed by atoms with Gasteiger partial charge in [0.1, 0.15) is 0 Å². The van der Waals surface area contributed by atoms with Crippen LogP contribution in [0.25, 0.3) is 0 Å². The Morgan fingerprint density at radius 2 is 1.95 bits per heavy atom. The van der Waals surface area contributed by atoms with Gasteiger partial charge in [-0.15, -0.1) is 0 Å². The van der Waals surface area contributed by atoms with Crippen LogP contribution in [0.2, 0.25) is 0 Å². The molecule has 0 aromatic heterocycles. The van der Waals surface area contributed by atoms with E-state index >= 15 is 0 Å². The number of aryl methyl sites for hydroxylation is 1. The van der Waals surface area contributed by atoms with Gasteiger partial charge in [0.2, 0.25) is 0 Å². The summed E-state index contributed by atoms with van der Waals surface area (Å²) in [6, 6.07) is 9.48. The normalized spacial score (nSPS) is 34.1. The highest BCUT2D eigenvalue weighted by atomic mass is 16.5. The predicted molar refractivity (Wildman–Crippen MR) is 79.1 cm³/mol. The summed E-state index contributed by atoms with van der Waals surface area (Å²) >= 11 is 0. The molecule has 4 rings (SSSR count). The lowest BCUT2D eigenvalue weighted by atomic mass is 9.87. The Hall–Kier alpha value is -0.900. The Labute approximate surface area is 120 Å². The van der Waals surface area contributed by atoms with Crippen LogP contribution in [0.3, 0.4) is 0 Å². The second-order valence-electron chi connectivity index (χ2n) is 6.65. The van der Waals surface area contributed by atoms with Gasteiger partial charge in [-0.25, -0.2) is 0 Å². The summed E-state index contributed by atoms with van der Waals surface area (Å²) in [4.78, 5) is 0. The molecule has 3 heteroatoms. The first-order chi connectivity index (χ1) is 9.90. The first-order valence-corrected chi connectivity index (χ1v) is 8.02. The molecule has 1 saturated carbocycles. The maximum Gasteiger partial charge on any atom is 0.0469 e. The number of nitrogens with one attached hydrogen (secondary N) is 1. The zero-order valence-electron chi connectivity index (χ0n) is 11.9. The Kier molecular flexibility index (Phi) is 3.29. The number of hydrogen-bond donors (Lipinski definition) is 2. The molecule has 1 aliphatic heterocycles. The molecule has 0 bridgehead atoms. The summed E-state index contributed by atoms with van der Waals surface area (Å²) in [6.07, 6.45) is 4.91. The van der Waals surface area contributed by atoms with Crippen LogP contribution >= 0.6 is 0 Å². The van der Waals surface area contributed by atoms with Gasteiger partial charge in [-0.1, -0.05) is 24.3 Å². The van der Waals surface area contributed by atoms with Crippen molar-refractivity contribution in [3.63, 3.8) is 0 Å². The van der Waals surface area contributed by atoms with E-state index in [1.807, 2.05) is 0 Å². The minimum absolute atomic E-state index is 0.472. The van der Waals surface area contributed by atoms with Crippen LogP contribution in [0.5, 0.6) is 0 Å². The number of fused-ring (bicyclic) bond motifs is 3. The monoisotopic (exact) mass is 272 g/mol. The molecule has 3 N–H and O–H groups in total. The molecule has 4 atom stereocenters. The molecule has 1 aromatic rings. The summed E-state index contributed by atoms with van der Waals surface area (Å²) in [5.41, 5.74) is 6.33. The fraction of sp³-hybridized carbons (Fsp3) is 0.647. The second-order valence-corrected chi connectivity index (χ2v) is 6.65. The molecule has 3 aliphatic rings. The standard InChI is InChI=1S/C17H24N2O/c18-19-17(12-7-9-20-10-8-12)16-14-6-5-11-3-1-2-4-13(11)15(14)16/h1-4,12,14-17,19H,5-10,18H2. The maximum atomic E-state index is 5.93. The van der Waals surface area contributed by atoms with Crippen LogP contribution in [-0.4, -0.2) is 19.3 Å². The van der Waals surface area contributed by atoms with Gasteiger partial charge in [0, 0.05) is 19.3 Å². The fourth-order valence-corrected chi connectivity index (χ4v) is 4.75. The average Bonchev–Trinajstić information content (AvgIpc) is 3.24. The van der Waals surface area contributed by atoms with E-state index in [-0.39, 0.29) is 0 Å². The number of hydrogen-bond acceptors (Lipinski definition) is 3. The topological polar surface area (TPSA) is 47.3 Å². The molecular weight excluding hydrogens is 248 g/mol. The number of nitrogens with two attached hydrogens (primary N) is 1. The molecule has 0 amide bonds. The van der Waals surface area contributed by atoms with Crippen LogP contribution in [0.1, 0.15) is 36.3 Å². The molecule has 20 heavy (non-hydrogen) atoms. The second kappa shape index (κ2) is 5.14. The highest BCUT2D eigenvalue weighted by molar-refractivity contribution is 5.40. The SMILES string of the molecule is NNC(C1CCOCC1)C1C2CCc3ccccc3C21. The Balaban J connectivity index is 1.55. The lowest BCUT2D eigenvalue weighted by Crippen LogP contribution is -2.45. The van der Waals surface area contributed by atoms with E-state index in [0.717, 1.165) is 43.8 Å². The van der Waals surface area contributed by atoms with Crippen LogP contribution in [-0.2, 0) is 11.2 Å². The molecule has 0 spiro atoms. The minimum atomic E-state index is 0.472. The van der Waals surface area contributed by atoms with Crippen molar-refractivity contribution >= 4 is 0 Å². The molecular formula is C17H24N2O. The zero-order chi connectivity index (χ0) is 13.5. The number of rotatable bonds is 3. The van der Waals surface area contributed by atoms with Gasteiger partial charge in [0.25, 0.3) is 0 Å². The molecule has 2 fully saturated rings. The van der Waals surface area contributed by atoms with Gasteiger partial charge in [-0.3, -0.25) is 11.3 Å². The van der Waals surface area contributed by atoms with Crippen LogP contribution in [0.15, 0.2) is 24.3 Å². The molecule has 1 aromatic carbocycles. The van der Waals surface area contributed by atoms with E-state index in [0.29, 0.717) is 12.0 Å².